The van der Waals surface area contributed by atoms with E-state index in [9.17, 15) is 26.6 Å². The molecule has 0 saturated heterocycles. The van der Waals surface area contributed by atoms with E-state index in [2.05, 4.69) is 20.6 Å². The second-order valence-electron chi connectivity index (χ2n) is 9.42. The summed E-state index contributed by atoms with van der Waals surface area (Å²) in [5, 5.41) is 6.07. The molecular formula is C30H25F4N5O2S. The summed E-state index contributed by atoms with van der Waals surface area (Å²) in [7, 11) is -1.69. The van der Waals surface area contributed by atoms with E-state index in [1.165, 1.54) is 40.7 Å². The predicted molar refractivity (Wildman–Crippen MR) is 151 cm³/mol. The molecule has 2 aromatic carbocycles. The Morgan fingerprint density at radius 1 is 0.952 bits per heavy atom. The van der Waals surface area contributed by atoms with Crippen LogP contribution in [0.15, 0.2) is 102 Å². The van der Waals surface area contributed by atoms with Gasteiger partial charge in [0.15, 0.2) is 0 Å². The van der Waals surface area contributed by atoms with Gasteiger partial charge < -0.3 is 10.6 Å². The third-order valence-corrected chi connectivity index (χ3v) is 7.97. The molecule has 2 N–H and O–H groups in total. The molecule has 0 saturated carbocycles. The average Bonchev–Trinajstić information content (AvgIpc) is 3.49. The fourth-order valence-corrected chi connectivity index (χ4v) is 5.56. The van der Waals surface area contributed by atoms with Crippen LogP contribution in [-0.4, -0.2) is 37.0 Å². The number of rotatable bonds is 9. The third-order valence-electron chi connectivity index (χ3n) is 6.49. The van der Waals surface area contributed by atoms with E-state index in [-0.39, 0.29) is 13.1 Å². The van der Waals surface area contributed by atoms with Crippen LogP contribution in [0.2, 0.25) is 0 Å². The molecule has 42 heavy (non-hydrogen) atoms. The first-order valence-corrected chi connectivity index (χ1v) is 14.0. The molecule has 2 aromatic heterocycles. The summed E-state index contributed by atoms with van der Waals surface area (Å²) < 4.78 is 67.2. The molecule has 0 radical (unpaired) electrons. The van der Waals surface area contributed by atoms with Crippen LogP contribution in [0.1, 0.15) is 16.7 Å². The average molecular weight is 596 g/mol. The Morgan fingerprint density at radius 2 is 1.67 bits per heavy atom. The van der Waals surface area contributed by atoms with Crippen molar-refractivity contribution in [2.45, 2.75) is 30.2 Å². The van der Waals surface area contributed by atoms with Gasteiger partial charge in [-0.25, -0.2) is 17.9 Å². The Morgan fingerprint density at radius 3 is 2.36 bits per heavy atom. The first-order chi connectivity index (χ1) is 20.2. The number of amides is 1. The van der Waals surface area contributed by atoms with Gasteiger partial charge in [-0.15, -0.1) is 0 Å². The zero-order valence-corrected chi connectivity index (χ0v) is 22.8. The summed E-state index contributed by atoms with van der Waals surface area (Å²) in [6.07, 6.45) is 2.25. The molecule has 216 valence electrons. The van der Waals surface area contributed by atoms with Gasteiger partial charge in [0.25, 0.3) is 0 Å². The molecule has 0 spiro atoms. The predicted octanol–water partition coefficient (Wildman–Crippen LogP) is 5.49. The maximum atomic E-state index is 13.3. The van der Waals surface area contributed by atoms with Crippen molar-refractivity contribution in [1.82, 2.24) is 19.6 Å². The van der Waals surface area contributed by atoms with Crippen LogP contribution >= 0.6 is 0 Å². The summed E-state index contributed by atoms with van der Waals surface area (Å²) in [5.41, 5.74) is 1.73. The van der Waals surface area contributed by atoms with E-state index in [1.807, 2.05) is 12.1 Å². The van der Waals surface area contributed by atoms with Crippen molar-refractivity contribution >= 4 is 22.7 Å². The summed E-state index contributed by atoms with van der Waals surface area (Å²) in [5.74, 6) is -0.376. The molecule has 0 fully saturated rings. The highest BCUT2D eigenvalue weighted by atomic mass is 32.2. The van der Waals surface area contributed by atoms with Crippen LogP contribution in [0, 0.1) is 5.82 Å². The fraction of sp³-hybridized carbons (Fsp3) is 0.167. The largest absolute Gasteiger partial charge is 0.416 e. The number of hydrogen-bond donors (Lipinski definition) is 2. The molecule has 4 aromatic rings. The lowest BCUT2D eigenvalue weighted by atomic mass is 10.1. The van der Waals surface area contributed by atoms with Gasteiger partial charge in [-0.2, -0.15) is 13.2 Å². The lowest BCUT2D eigenvalue weighted by molar-refractivity contribution is -0.137. The second kappa shape index (κ2) is 12.6. The third kappa shape index (κ3) is 7.07. The lowest BCUT2D eigenvalue weighted by Crippen LogP contribution is -2.43. The van der Waals surface area contributed by atoms with Gasteiger partial charge in [0.1, 0.15) is 28.7 Å². The van der Waals surface area contributed by atoms with Gasteiger partial charge in [0.05, 0.1) is 16.2 Å². The topological polar surface area (TPSA) is 87.2 Å². The van der Waals surface area contributed by atoms with Crippen molar-refractivity contribution in [2.75, 3.05) is 11.9 Å². The Bertz CT molecular complexity index is 1600. The molecule has 1 aliphatic heterocycles. The zero-order valence-electron chi connectivity index (χ0n) is 22.0. The summed E-state index contributed by atoms with van der Waals surface area (Å²) in [4.78, 5) is 22.1. The maximum absolute atomic E-state index is 13.3. The van der Waals surface area contributed by atoms with Gasteiger partial charge in [0.2, 0.25) is 5.91 Å². The summed E-state index contributed by atoms with van der Waals surface area (Å²) in [6, 6.07) is 16.3. The van der Waals surface area contributed by atoms with Crippen LogP contribution in [0.4, 0.5) is 23.4 Å². The highest BCUT2D eigenvalue weighted by Gasteiger charge is 2.32. The van der Waals surface area contributed by atoms with Crippen molar-refractivity contribution in [1.29, 1.82) is 0 Å². The van der Waals surface area contributed by atoms with E-state index in [0.29, 0.717) is 34.1 Å². The standard InChI is InChI=1S/C30H25F4N5O2S/c31-24-7-9-25(10-8-24)42(41)39-15-1-2-27(39)29(40)37-19-21-16-26(22-3-5-23(6-4-22)30(32,33)34)38-28(17-21)36-18-20-11-13-35-14-12-20/h1-14,16-17,27H,15,18-19H2,(H,36,38)(H,37,40)/t27-,42?/m0/s1. The lowest BCUT2D eigenvalue weighted by Gasteiger charge is -2.22. The zero-order chi connectivity index (χ0) is 29.7. The number of carbonyl (C=O) groups is 1. The van der Waals surface area contributed by atoms with E-state index in [4.69, 9.17) is 0 Å². The normalized spacial score (nSPS) is 15.9. The van der Waals surface area contributed by atoms with Crippen molar-refractivity contribution in [3.8, 4) is 11.3 Å². The monoisotopic (exact) mass is 595 g/mol. The Balaban J connectivity index is 1.34. The number of pyridine rings is 2. The van der Waals surface area contributed by atoms with Crippen LogP contribution in [0.3, 0.4) is 0 Å². The van der Waals surface area contributed by atoms with Crippen LogP contribution < -0.4 is 10.6 Å². The van der Waals surface area contributed by atoms with Gasteiger partial charge in [0, 0.05) is 37.6 Å². The number of nitrogens with one attached hydrogen (secondary N) is 2. The molecule has 12 heteroatoms. The highest BCUT2D eigenvalue weighted by Crippen LogP contribution is 2.31. The fourth-order valence-electron chi connectivity index (χ4n) is 4.32. The molecule has 0 bridgehead atoms. The van der Waals surface area contributed by atoms with Gasteiger partial charge in [-0.1, -0.05) is 24.3 Å². The smallest absolute Gasteiger partial charge is 0.366 e. The molecule has 5 rings (SSSR count). The number of nitrogens with zero attached hydrogens (tertiary/aromatic N) is 3. The van der Waals surface area contributed by atoms with Gasteiger partial charge in [-0.05, 0) is 71.8 Å². The maximum Gasteiger partial charge on any atom is 0.416 e. The van der Waals surface area contributed by atoms with Crippen molar-refractivity contribution in [2.24, 2.45) is 0 Å². The number of hydrogen-bond acceptors (Lipinski definition) is 5. The highest BCUT2D eigenvalue weighted by molar-refractivity contribution is 7.82. The number of halogens is 4. The van der Waals surface area contributed by atoms with E-state index in [1.54, 1.807) is 36.7 Å². The molecule has 2 atom stereocenters. The SMILES string of the molecule is O=C(NCc1cc(NCc2ccncc2)nc(-c2ccc(C(F)(F)F)cc2)c1)[C@@H]1C=CCN1S(=O)c1ccc(F)cc1. The molecule has 0 aliphatic carbocycles. The Kier molecular flexibility index (Phi) is 8.74. The minimum Gasteiger partial charge on any atom is -0.366 e. The van der Waals surface area contributed by atoms with Crippen molar-refractivity contribution in [3.05, 3.63) is 120 Å². The molecular weight excluding hydrogens is 570 g/mol. The number of anilines is 1. The molecule has 1 amide bonds. The molecule has 1 aliphatic rings. The van der Waals surface area contributed by atoms with Gasteiger partial charge in [-0.3, -0.25) is 9.78 Å². The molecule has 1 unspecified atom stereocenters. The Labute approximate surface area is 241 Å². The number of alkyl halides is 3. The quantitative estimate of drug-likeness (QED) is 0.197. The minimum atomic E-state index is -4.46. The van der Waals surface area contributed by atoms with Crippen LogP contribution in [0.25, 0.3) is 11.3 Å². The number of carbonyl (C=O) groups excluding carboxylic acids is 1. The minimum absolute atomic E-state index is 0.0836. The molecule has 7 nitrogen and oxygen atoms in total. The van der Waals surface area contributed by atoms with Crippen LogP contribution in [-0.2, 0) is 35.0 Å². The number of benzene rings is 2. The van der Waals surface area contributed by atoms with Crippen molar-refractivity contribution < 1.29 is 26.6 Å². The second-order valence-corrected chi connectivity index (χ2v) is 10.9. The Hall–Kier alpha value is -4.42. The van der Waals surface area contributed by atoms with E-state index < -0.39 is 40.5 Å². The first kappa shape index (κ1) is 29.1. The van der Waals surface area contributed by atoms with E-state index in [0.717, 1.165) is 17.7 Å². The van der Waals surface area contributed by atoms with Crippen molar-refractivity contribution in [3.63, 3.8) is 0 Å². The first-order valence-electron chi connectivity index (χ1n) is 12.9. The molecule has 3 heterocycles. The van der Waals surface area contributed by atoms with Crippen LogP contribution in [0.5, 0.6) is 0 Å². The van der Waals surface area contributed by atoms with Gasteiger partial charge >= 0.3 is 6.18 Å². The van der Waals surface area contributed by atoms with E-state index >= 15 is 0 Å². The number of aromatic nitrogens is 2. The summed E-state index contributed by atoms with van der Waals surface area (Å²) in [6.45, 7) is 0.785. The summed E-state index contributed by atoms with van der Waals surface area (Å²) >= 11 is 0.